The van der Waals surface area contributed by atoms with Gasteiger partial charge in [0.05, 0.1) is 47.9 Å². The molecule has 0 spiro atoms. The third kappa shape index (κ3) is 7.66. The molecule has 0 aliphatic carbocycles. The van der Waals surface area contributed by atoms with Gasteiger partial charge in [-0.2, -0.15) is 22.8 Å². The molecule has 1 amide bonds. The van der Waals surface area contributed by atoms with E-state index in [4.69, 9.17) is 0 Å². The van der Waals surface area contributed by atoms with Gasteiger partial charge in [0, 0.05) is 17.8 Å². The summed E-state index contributed by atoms with van der Waals surface area (Å²) in [6.07, 6.45) is -0.878. The van der Waals surface area contributed by atoms with Crippen LogP contribution in [0.1, 0.15) is 41.7 Å². The van der Waals surface area contributed by atoms with Crippen LogP contribution in [0.25, 0.3) is 0 Å². The van der Waals surface area contributed by atoms with Crippen LogP contribution in [0.4, 0.5) is 23.2 Å². The molecule has 1 aliphatic rings. The number of anilines is 1. The highest BCUT2D eigenvalue weighted by Crippen LogP contribution is 2.29. The van der Waals surface area contributed by atoms with Crippen LogP contribution in [-0.2, 0) is 19.3 Å². The van der Waals surface area contributed by atoms with Crippen molar-refractivity contribution in [3.63, 3.8) is 0 Å². The molecule has 2 aromatic carbocycles. The molecule has 0 unspecified atom stereocenters. The second-order valence-corrected chi connectivity index (χ2v) is 10.8. The molecule has 0 aromatic heterocycles. The number of carbonyl (C=O) groups excluding carboxylic acids is 1. The van der Waals surface area contributed by atoms with E-state index in [-0.39, 0.29) is 35.6 Å². The normalized spacial score (nSPS) is 18.5. The summed E-state index contributed by atoms with van der Waals surface area (Å²) >= 11 is 0. The van der Waals surface area contributed by atoms with Gasteiger partial charge in [0.1, 0.15) is 0 Å². The predicted octanol–water partition coefficient (Wildman–Crippen LogP) is 4.29. The van der Waals surface area contributed by atoms with Crippen molar-refractivity contribution in [2.75, 3.05) is 23.8 Å². The minimum atomic E-state index is -3.40. The molecule has 206 valence electrons. The lowest BCUT2D eigenvalue weighted by molar-refractivity contribution is -0.159. The number of amides is 1. The first-order valence-corrected chi connectivity index (χ1v) is 13.4. The summed E-state index contributed by atoms with van der Waals surface area (Å²) in [5, 5.41) is 12.0. The maximum Gasteiger partial charge on any atom is 0.345 e. The summed E-state index contributed by atoms with van der Waals surface area (Å²) < 4.78 is 83.5. The highest BCUT2D eigenvalue weighted by molar-refractivity contribution is 7.91. The zero-order valence-electron chi connectivity index (χ0n) is 20.4. The van der Waals surface area contributed by atoms with Gasteiger partial charge < -0.3 is 19.7 Å². The van der Waals surface area contributed by atoms with E-state index < -0.39 is 53.8 Å². The Hall–Kier alpha value is -3.21. The zero-order chi connectivity index (χ0) is 27.9. The molecule has 1 heterocycles. The molecular formula is C25H27F4N3O5S. The Morgan fingerprint density at radius 2 is 1.76 bits per heavy atom. The molecule has 38 heavy (non-hydrogen) atoms. The van der Waals surface area contributed by atoms with Crippen LogP contribution in [0.15, 0.2) is 53.4 Å². The first-order chi connectivity index (χ1) is 18.0. The van der Waals surface area contributed by atoms with Gasteiger partial charge in [-0.1, -0.05) is 19.1 Å². The van der Waals surface area contributed by atoms with Crippen LogP contribution >= 0.6 is 0 Å². The van der Waals surface area contributed by atoms with E-state index in [1.165, 1.54) is 31.2 Å². The number of halogens is 4. The third-order valence-corrected chi connectivity index (χ3v) is 7.92. The van der Waals surface area contributed by atoms with E-state index in [2.05, 4.69) is 14.8 Å². The topological polar surface area (TPSA) is 109 Å². The number of carbonyl (C=O) groups is 1. The smallest absolute Gasteiger partial charge is 0.345 e. The molecule has 1 saturated heterocycles. The van der Waals surface area contributed by atoms with Crippen LogP contribution < -0.4 is 10.2 Å². The van der Waals surface area contributed by atoms with Gasteiger partial charge in [0.15, 0.2) is 9.84 Å². The van der Waals surface area contributed by atoms with Gasteiger partial charge in [-0.15, -0.1) is 0 Å². The first kappa shape index (κ1) is 29.3. The molecule has 2 aromatic rings. The minimum Gasteiger partial charge on any atom is -0.364 e. The fourth-order valence-corrected chi connectivity index (χ4v) is 5.12. The van der Waals surface area contributed by atoms with Gasteiger partial charge in [0.25, 0.3) is 5.91 Å². The van der Waals surface area contributed by atoms with E-state index in [9.17, 15) is 36.0 Å². The number of hydrogen-bond donors (Lipinski definition) is 1. The van der Waals surface area contributed by atoms with Crippen molar-refractivity contribution in [3.8, 4) is 6.07 Å². The largest absolute Gasteiger partial charge is 0.364 e. The zero-order valence-corrected chi connectivity index (χ0v) is 21.2. The molecule has 0 saturated carbocycles. The molecule has 3 rings (SSSR count). The summed E-state index contributed by atoms with van der Waals surface area (Å²) in [7, 11) is -3.40. The Bertz CT molecular complexity index is 1220. The minimum absolute atomic E-state index is 0.0289. The standard InChI is InChI=1S/C25H27F4N3O5S/c1-2-38(34,35)21-9-5-16(6-10-21)22(11-12-30)31-23(33)17-3-7-18(8-4-17)32-14-20(37-25(28)29)13-19(32)15-36-24(26)27/h3-10,19-20,22,24-25H,2,11,13-15H2,1H3,(H,31,33)/t19-,20-,22-/m0/s1. The molecule has 3 atom stereocenters. The van der Waals surface area contributed by atoms with Crippen LogP contribution in [0.3, 0.4) is 0 Å². The van der Waals surface area contributed by atoms with Crippen LogP contribution in [0.2, 0.25) is 0 Å². The lowest BCUT2D eigenvalue weighted by Crippen LogP contribution is -2.34. The van der Waals surface area contributed by atoms with E-state index in [1.807, 2.05) is 6.07 Å². The van der Waals surface area contributed by atoms with E-state index >= 15 is 0 Å². The molecule has 13 heteroatoms. The fraction of sp³-hybridized carbons (Fsp3) is 0.440. The number of sulfone groups is 1. The van der Waals surface area contributed by atoms with Crippen molar-refractivity contribution in [1.82, 2.24) is 5.32 Å². The number of nitrogens with zero attached hydrogens (tertiary/aromatic N) is 2. The van der Waals surface area contributed by atoms with Crippen molar-refractivity contribution in [3.05, 3.63) is 59.7 Å². The van der Waals surface area contributed by atoms with Crippen LogP contribution in [0, 0.1) is 11.3 Å². The van der Waals surface area contributed by atoms with Gasteiger partial charge in [0.2, 0.25) is 0 Å². The van der Waals surface area contributed by atoms with Gasteiger partial charge in [-0.05, 0) is 48.4 Å². The van der Waals surface area contributed by atoms with Gasteiger partial charge in [-0.25, -0.2) is 8.42 Å². The Morgan fingerprint density at radius 3 is 2.32 bits per heavy atom. The number of ether oxygens (including phenoxy) is 2. The Balaban J connectivity index is 1.72. The van der Waals surface area contributed by atoms with E-state index in [0.29, 0.717) is 11.3 Å². The number of nitriles is 1. The van der Waals surface area contributed by atoms with E-state index in [0.717, 1.165) is 0 Å². The second kappa shape index (κ2) is 13.0. The van der Waals surface area contributed by atoms with Crippen LogP contribution in [0.5, 0.6) is 0 Å². The van der Waals surface area contributed by atoms with Crippen molar-refractivity contribution < 1.29 is 40.2 Å². The van der Waals surface area contributed by atoms with Gasteiger partial charge in [-0.3, -0.25) is 4.79 Å². The number of nitrogens with one attached hydrogen (secondary N) is 1. The Morgan fingerprint density at radius 1 is 1.11 bits per heavy atom. The number of benzene rings is 2. The summed E-state index contributed by atoms with van der Waals surface area (Å²) in [5.74, 6) is -0.558. The summed E-state index contributed by atoms with van der Waals surface area (Å²) in [6, 6.07) is 12.7. The van der Waals surface area contributed by atoms with E-state index in [1.54, 1.807) is 29.2 Å². The van der Waals surface area contributed by atoms with Crippen molar-refractivity contribution >= 4 is 21.4 Å². The van der Waals surface area contributed by atoms with Crippen LogP contribution in [-0.4, -0.2) is 58.6 Å². The fourth-order valence-electron chi connectivity index (χ4n) is 4.24. The predicted molar refractivity (Wildman–Crippen MR) is 130 cm³/mol. The third-order valence-electron chi connectivity index (χ3n) is 6.17. The second-order valence-electron chi connectivity index (χ2n) is 8.56. The average Bonchev–Trinajstić information content (AvgIpc) is 3.29. The number of rotatable bonds is 12. The first-order valence-electron chi connectivity index (χ1n) is 11.7. The molecule has 1 N–H and O–H groups in total. The maximum atomic E-state index is 12.9. The molecule has 1 aliphatic heterocycles. The molecule has 0 radical (unpaired) electrons. The summed E-state index contributed by atoms with van der Waals surface area (Å²) in [5.41, 5.74) is 1.29. The average molecular weight is 558 g/mol. The lowest BCUT2D eigenvalue weighted by atomic mass is 10.0. The lowest BCUT2D eigenvalue weighted by Gasteiger charge is -2.26. The molecule has 1 fully saturated rings. The number of hydrogen-bond acceptors (Lipinski definition) is 7. The highest BCUT2D eigenvalue weighted by Gasteiger charge is 2.35. The highest BCUT2D eigenvalue weighted by atomic mass is 32.2. The SMILES string of the molecule is CCS(=O)(=O)c1ccc([C@H](CC#N)NC(=O)c2ccc(N3C[C@@H](OC(F)F)C[C@H]3COC(F)F)cc2)cc1. The van der Waals surface area contributed by atoms with Crippen molar-refractivity contribution in [1.29, 1.82) is 5.26 Å². The Kier molecular flexibility index (Phi) is 10.1. The molecule has 0 bridgehead atoms. The van der Waals surface area contributed by atoms with Crippen molar-refractivity contribution in [2.24, 2.45) is 0 Å². The molecular weight excluding hydrogens is 530 g/mol. The summed E-state index contributed by atoms with van der Waals surface area (Å²) in [4.78, 5) is 14.6. The maximum absolute atomic E-state index is 12.9. The summed E-state index contributed by atoms with van der Waals surface area (Å²) in [6.45, 7) is -4.84. The number of alkyl halides is 4. The van der Waals surface area contributed by atoms with Gasteiger partial charge >= 0.3 is 13.2 Å². The van der Waals surface area contributed by atoms with Crippen molar-refractivity contribution in [2.45, 2.75) is 56.1 Å². The quantitative estimate of drug-likeness (QED) is 0.388. The monoisotopic (exact) mass is 557 g/mol. The Labute approximate surface area is 218 Å². The molecule has 8 nitrogen and oxygen atoms in total.